The lowest BCUT2D eigenvalue weighted by molar-refractivity contribution is -0.141. The lowest BCUT2D eigenvalue weighted by Crippen LogP contribution is -2.60. The molecule has 0 bridgehead atoms. The molecule has 0 saturated carbocycles. The number of hydrogen-bond acceptors (Lipinski definition) is 7. The van der Waals surface area contributed by atoms with E-state index >= 15 is 0 Å². The highest BCUT2D eigenvalue weighted by Gasteiger charge is 2.46. The van der Waals surface area contributed by atoms with Gasteiger partial charge in [-0.15, -0.1) is 0 Å². The molecule has 0 radical (unpaired) electrons. The summed E-state index contributed by atoms with van der Waals surface area (Å²) in [5.41, 5.74) is -0.453. The lowest BCUT2D eigenvalue weighted by Gasteiger charge is -2.51. The van der Waals surface area contributed by atoms with Crippen LogP contribution in [0.3, 0.4) is 0 Å². The first-order chi connectivity index (χ1) is 12.5. The van der Waals surface area contributed by atoms with Gasteiger partial charge in [0.2, 0.25) is 17.7 Å². The van der Waals surface area contributed by atoms with Gasteiger partial charge in [0.05, 0.1) is 19.4 Å². The van der Waals surface area contributed by atoms with Gasteiger partial charge in [-0.25, -0.2) is 4.98 Å². The van der Waals surface area contributed by atoms with Crippen LogP contribution in [0.2, 0.25) is 0 Å². The van der Waals surface area contributed by atoms with Gasteiger partial charge in [-0.1, -0.05) is 0 Å². The third-order valence-corrected chi connectivity index (χ3v) is 5.29. The van der Waals surface area contributed by atoms with E-state index in [1.165, 1.54) is 14.2 Å². The smallest absolute Gasteiger partial charge is 0.255 e. The Hall–Kier alpha value is -2.00. The van der Waals surface area contributed by atoms with Gasteiger partial charge < -0.3 is 24.4 Å². The van der Waals surface area contributed by atoms with Gasteiger partial charge >= 0.3 is 0 Å². The number of hydrogen-bond donors (Lipinski definition) is 1. The predicted octanol–water partition coefficient (Wildman–Crippen LogP) is 0.450. The molecule has 2 saturated heterocycles. The summed E-state index contributed by atoms with van der Waals surface area (Å²) in [5, 5.41) is 10.7. The molecule has 2 atom stereocenters. The van der Waals surface area contributed by atoms with Crippen LogP contribution < -0.4 is 9.64 Å². The van der Waals surface area contributed by atoms with Gasteiger partial charge in [-0.2, -0.15) is 9.37 Å². The predicted molar refractivity (Wildman–Crippen MR) is 91.5 cm³/mol. The second-order valence-corrected chi connectivity index (χ2v) is 6.97. The molecule has 1 spiro atoms. The van der Waals surface area contributed by atoms with Crippen LogP contribution in [0.15, 0.2) is 6.20 Å². The summed E-state index contributed by atoms with van der Waals surface area (Å²) >= 11 is 0. The van der Waals surface area contributed by atoms with Gasteiger partial charge in [0.25, 0.3) is 5.88 Å². The fourth-order valence-electron chi connectivity index (χ4n) is 3.95. The van der Waals surface area contributed by atoms with E-state index in [0.717, 1.165) is 19.0 Å². The Kier molecular flexibility index (Phi) is 5.57. The van der Waals surface area contributed by atoms with Crippen molar-refractivity contribution in [2.75, 3.05) is 51.9 Å². The summed E-state index contributed by atoms with van der Waals surface area (Å²) in [4.78, 5) is 24.1. The molecule has 1 aromatic heterocycles. The van der Waals surface area contributed by atoms with Crippen molar-refractivity contribution in [3.63, 3.8) is 0 Å². The van der Waals surface area contributed by atoms with Crippen molar-refractivity contribution in [3.05, 3.63) is 12.0 Å². The van der Waals surface area contributed by atoms with Gasteiger partial charge in [0.1, 0.15) is 6.61 Å². The van der Waals surface area contributed by atoms with E-state index in [4.69, 9.17) is 9.47 Å². The first-order valence-corrected chi connectivity index (χ1v) is 8.75. The number of rotatable bonds is 4. The zero-order chi connectivity index (χ0) is 18.7. The number of methoxy groups -OCH3 is 2. The van der Waals surface area contributed by atoms with Crippen LogP contribution in [0.4, 0.5) is 10.3 Å². The Morgan fingerprint density at radius 3 is 2.96 bits per heavy atom. The average molecular weight is 368 g/mol. The third kappa shape index (κ3) is 3.59. The van der Waals surface area contributed by atoms with Crippen LogP contribution in [-0.2, 0) is 9.53 Å². The molecule has 0 aliphatic carbocycles. The molecule has 1 N–H and O–H groups in total. The highest BCUT2D eigenvalue weighted by molar-refractivity contribution is 5.77. The maximum atomic E-state index is 13.6. The van der Waals surface area contributed by atoms with Crippen molar-refractivity contribution in [1.82, 2.24) is 14.9 Å². The highest BCUT2D eigenvalue weighted by atomic mass is 19.1. The first kappa shape index (κ1) is 18.8. The molecule has 2 aliphatic rings. The zero-order valence-electron chi connectivity index (χ0n) is 15.2. The second-order valence-electron chi connectivity index (χ2n) is 6.97. The highest BCUT2D eigenvalue weighted by Crippen LogP contribution is 2.39. The molecule has 9 heteroatoms. The number of amides is 1. The average Bonchev–Trinajstić information content (AvgIpc) is 2.65. The molecule has 3 heterocycles. The molecular formula is C17H25FN4O4. The number of piperidine rings is 2. The summed E-state index contributed by atoms with van der Waals surface area (Å²) in [5.74, 6) is -0.418. The molecule has 1 amide bonds. The number of halogens is 1. The fourth-order valence-corrected chi connectivity index (χ4v) is 3.95. The Labute approximate surface area is 151 Å². The number of aliphatic hydroxyl groups excluding tert-OH is 1. The van der Waals surface area contributed by atoms with Crippen LogP contribution in [0.1, 0.15) is 19.3 Å². The minimum absolute atomic E-state index is 0.0359. The monoisotopic (exact) mass is 368 g/mol. The summed E-state index contributed by atoms with van der Waals surface area (Å²) in [6, 6.07) is 0. The molecular weight excluding hydrogens is 343 g/mol. The molecule has 0 unspecified atom stereocenters. The summed E-state index contributed by atoms with van der Waals surface area (Å²) < 4.78 is 23.5. The van der Waals surface area contributed by atoms with E-state index in [2.05, 4.69) is 9.97 Å². The molecule has 26 heavy (non-hydrogen) atoms. The number of carbonyl (C=O) groups is 1. The quantitative estimate of drug-likeness (QED) is 0.825. The Morgan fingerprint density at radius 2 is 2.23 bits per heavy atom. The van der Waals surface area contributed by atoms with Crippen molar-refractivity contribution in [2.24, 2.45) is 5.41 Å². The number of likely N-dealkylation sites (tertiary alicyclic amines) is 1. The topological polar surface area (TPSA) is 88.0 Å². The van der Waals surface area contributed by atoms with E-state index in [1.807, 2.05) is 4.90 Å². The number of ether oxygens (including phenoxy) is 2. The van der Waals surface area contributed by atoms with Crippen molar-refractivity contribution < 1.29 is 23.8 Å². The maximum Gasteiger partial charge on any atom is 0.255 e. The minimum Gasteiger partial charge on any atom is -0.479 e. The van der Waals surface area contributed by atoms with Gasteiger partial charge in [0.15, 0.2) is 0 Å². The van der Waals surface area contributed by atoms with E-state index in [1.54, 1.807) is 4.90 Å². The van der Waals surface area contributed by atoms with Gasteiger partial charge in [0, 0.05) is 38.7 Å². The van der Waals surface area contributed by atoms with E-state index in [9.17, 15) is 14.3 Å². The van der Waals surface area contributed by atoms with Crippen molar-refractivity contribution in [1.29, 1.82) is 0 Å². The third-order valence-electron chi connectivity index (χ3n) is 5.29. The second kappa shape index (κ2) is 7.71. The normalized spacial score (nSPS) is 26.2. The van der Waals surface area contributed by atoms with Gasteiger partial charge in [-0.3, -0.25) is 4.79 Å². The largest absolute Gasteiger partial charge is 0.479 e. The standard InChI is InChI=1S/C17H25FN4O4/c1-25-9-14(24)21-6-3-5-17(10-21)11-22(7-4-13(17)23)16-19-8-12(18)15(20-16)26-2/h8,13,23H,3-7,9-11H2,1-2H3/t13-,17+/m1/s1. The molecule has 0 aromatic carbocycles. The zero-order valence-corrected chi connectivity index (χ0v) is 15.2. The molecule has 2 aliphatic heterocycles. The number of carbonyl (C=O) groups excluding carboxylic acids is 1. The van der Waals surface area contributed by atoms with E-state index in [0.29, 0.717) is 38.5 Å². The number of aromatic nitrogens is 2. The Balaban J connectivity index is 1.80. The number of anilines is 1. The summed E-state index contributed by atoms with van der Waals surface area (Å²) in [6.07, 6.45) is 2.73. The molecule has 144 valence electrons. The number of aliphatic hydroxyl groups is 1. The maximum absolute atomic E-state index is 13.6. The minimum atomic E-state index is -0.614. The summed E-state index contributed by atoms with van der Waals surface area (Å²) in [7, 11) is 2.85. The molecule has 8 nitrogen and oxygen atoms in total. The van der Waals surface area contributed by atoms with Crippen LogP contribution in [0.5, 0.6) is 5.88 Å². The molecule has 1 aromatic rings. The summed E-state index contributed by atoms with van der Waals surface area (Å²) in [6.45, 7) is 2.22. The van der Waals surface area contributed by atoms with Crippen molar-refractivity contribution >= 4 is 11.9 Å². The fraction of sp³-hybridized carbons (Fsp3) is 0.706. The SMILES string of the molecule is COCC(=O)N1CCC[C@]2(C1)CN(c1ncc(F)c(OC)n1)CC[C@H]2O. The Morgan fingerprint density at radius 1 is 1.42 bits per heavy atom. The lowest BCUT2D eigenvalue weighted by atomic mass is 9.71. The van der Waals surface area contributed by atoms with Gasteiger partial charge in [-0.05, 0) is 19.3 Å². The van der Waals surface area contributed by atoms with Crippen LogP contribution in [0.25, 0.3) is 0 Å². The van der Waals surface area contributed by atoms with Crippen LogP contribution >= 0.6 is 0 Å². The van der Waals surface area contributed by atoms with E-state index in [-0.39, 0.29) is 18.4 Å². The first-order valence-electron chi connectivity index (χ1n) is 8.75. The molecule has 2 fully saturated rings. The Bertz CT molecular complexity index is 662. The van der Waals surface area contributed by atoms with Crippen LogP contribution in [0, 0.1) is 11.2 Å². The molecule has 3 rings (SSSR count). The van der Waals surface area contributed by atoms with E-state index < -0.39 is 17.3 Å². The van der Waals surface area contributed by atoms with Crippen molar-refractivity contribution in [3.8, 4) is 5.88 Å². The number of nitrogens with zero attached hydrogens (tertiary/aromatic N) is 4. The van der Waals surface area contributed by atoms with Crippen molar-refractivity contribution in [2.45, 2.75) is 25.4 Å². The van der Waals surface area contributed by atoms with Crippen LogP contribution in [-0.4, -0.2) is 79.0 Å².